The van der Waals surface area contributed by atoms with Crippen LogP contribution in [0.15, 0.2) is 23.3 Å². The monoisotopic (exact) mass is 529 g/mol. The fraction of sp³-hybridized carbons (Fsp3) is 0.727. The number of likely N-dealkylation sites (N-methyl/N-ethyl adjacent to an activating group) is 1. The standard InChI is InChI=1S/C22H39N7.HI/c1-4-10-28-11-7-20(8-12-28)26-22(23-5-2)25-18-19-6-9-24-21(17-19)29-15-13-27(3)14-16-29;/h6,9,17,20H,4-5,7-8,10-16,18H2,1-3H3,(H2,23,25,26);1H. The Morgan fingerprint density at radius 3 is 2.53 bits per heavy atom. The Morgan fingerprint density at radius 2 is 1.87 bits per heavy atom. The lowest BCUT2D eigenvalue weighted by molar-refractivity contribution is 0.206. The van der Waals surface area contributed by atoms with Gasteiger partial charge in [-0.05, 0) is 57.5 Å². The molecule has 0 aliphatic carbocycles. The summed E-state index contributed by atoms with van der Waals surface area (Å²) in [5.74, 6) is 2.01. The maximum atomic E-state index is 4.86. The lowest BCUT2D eigenvalue weighted by Crippen LogP contribution is -2.48. The van der Waals surface area contributed by atoms with E-state index in [2.05, 4.69) is 63.3 Å². The van der Waals surface area contributed by atoms with Crippen molar-refractivity contribution < 1.29 is 0 Å². The largest absolute Gasteiger partial charge is 0.357 e. The molecular formula is C22H40IN7. The van der Waals surface area contributed by atoms with E-state index < -0.39 is 0 Å². The molecule has 0 saturated carbocycles. The van der Waals surface area contributed by atoms with Gasteiger partial charge in [0.25, 0.3) is 0 Å². The number of halogens is 1. The van der Waals surface area contributed by atoms with Gasteiger partial charge in [0.2, 0.25) is 0 Å². The maximum Gasteiger partial charge on any atom is 0.191 e. The first kappa shape index (κ1) is 25.1. The quantitative estimate of drug-likeness (QED) is 0.322. The van der Waals surface area contributed by atoms with Gasteiger partial charge in [0.05, 0.1) is 6.54 Å². The number of likely N-dealkylation sites (tertiary alicyclic amines) is 1. The molecule has 0 bridgehead atoms. The van der Waals surface area contributed by atoms with Crippen LogP contribution in [-0.2, 0) is 6.54 Å². The number of pyridine rings is 1. The number of piperidine rings is 1. The van der Waals surface area contributed by atoms with Crippen LogP contribution in [0.3, 0.4) is 0 Å². The van der Waals surface area contributed by atoms with Crippen molar-refractivity contribution >= 4 is 35.8 Å². The molecule has 0 amide bonds. The van der Waals surface area contributed by atoms with E-state index in [-0.39, 0.29) is 24.0 Å². The van der Waals surface area contributed by atoms with Crippen LogP contribution in [0.1, 0.15) is 38.7 Å². The van der Waals surface area contributed by atoms with Crippen molar-refractivity contribution in [1.29, 1.82) is 0 Å². The predicted octanol–water partition coefficient (Wildman–Crippen LogP) is 2.38. The number of hydrogen-bond donors (Lipinski definition) is 2. The summed E-state index contributed by atoms with van der Waals surface area (Å²) >= 11 is 0. The minimum atomic E-state index is 0. The minimum absolute atomic E-state index is 0. The number of anilines is 1. The molecule has 2 N–H and O–H groups in total. The smallest absolute Gasteiger partial charge is 0.191 e. The van der Waals surface area contributed by atoms with Crippen molar-refractivity contribution in [2.75, 3.05) is 64.3 Å². The van der Waals surface area contributed by atoms with Crippen molar-refractivity contribution in [2.45, 2.75) is 45.7 Å². The van der Waals surface area contributed by atoms with Gasteiger partial charge in [0.1, 0.15) is 5.82 Å². The van der Waals surface area contributed by atoms with Gasteiger partial charge < -0.3 is 25.3 Å². The summed E-state index contributed by atoms with van der Waals surface area (Å²) in [5, 5.41) is 7.07. The number of aromatic nitrogens is 1. The Labute approximate surface area is 199 Å². The highest BCUT2D eigenvalue weighted by Gasteiger charge is 2.19. The van der Waals surface area contributed by atoms with Crippen LogP contribution in [0.25, 0.3) is 0 Å². The highest BCUT2D eigenvalue weighted by atomic mass is 127. The molecule has 2 saturated heterocycles. The second-order valence-electron chi connectivity index (χ2n) is 8.27. The van der Waals surface area contributed by atoms with E-state index in [1.165, 1.54) is 44.5 Å². The molecule has 1 aromatic heterocycles. The van der Waals surface area contributed by atoms with Crippen LogP contribution in [0.2, 0.25) is 0 Å². The minimum Gasteiger partial charge on any atom is -0.357 e. The lowest BCUT2D eigenvalue weighted by Gasteiger charge is -2.33. The van der Waals surface area contributed by atoms with Gasteiger partial charge in [-0.25, -0.2) is 9.98 Å². The average molecular weight is 530 g/mol. The maximum absolute atomic E-state index is 4.86. The third kappa shape index (κ3) is 7.85. The van der Waals surface area contributed by atoms with E-state index in [1.54, 1.807) is 0 Å². The van der Waals surface area contributed by atoms with Gasteiger partial charge in [-0.3, -0.25) is 0 Å². The lowest BCUT2D eigenvalue weighted by atomic mass is 10.1. The first-order chi connectivity index (χ1) is 14.2. The summed E-state index contributed by atoms with van der Waals surface area (Å²) in [7, 11) is 2.18. The van der Waals surface area contributed by atoms with Gasteiger partial charge in [0.15, 0.2) is 5.96 Å². The van der Waals surface area contributed by atoms with Crippen LogP contribution in [0.5, 0.6) is 0 Å². The fourth-order valence-corrected chi connectivity index (χ4v) is 4.07. The van der Waals surface area contributed by atoms with Gasteiger partial charge >= 0.3 is 0 Å². The average Bonchev–Trinajstić information content (AvgIpc) is 2.74. The van der Waals surface area contributed by atoms with E-state index in [0.29, 0.717) is 12.6 Å². The highest BCUT2D eigenvalue weighted by Crippen LogP contribution is 2.15. The molecule has 0 radical (unpaired) electrons. The van der Waals surface area contributed by atoms with Crippen LogP contribution in [-0.4, -0.2) is 86.2 Å². The van der Waals surface area contributed by atoms with Crippen LogP contribution < -0.4 is 15.5 Å². The zero-order valence-corrected chi connectivity index (χ0v) is 21.3. The Balaban J connectivity index is 0.00000320. The predicted molar refractivity (Wildman–Crippen MR) is 137 cm³/mol. The SMILES string of the molecule is CCCN1CCC(NC(=NCc2ccnc(N3CCN(C)CC3)c2)NCC)CC1.I. The summed E-state index contributed by atoms with van der Waals surface area (Å²) in [6.07, 6.45) is 5.53. The topological polar surface area (TPSA) is 59.0 Å². The molecule has 7 nitrogen and oxygen atoms in total. The third-order valence-electron chi connectivity index (χ3n) is 5.87. The fourth-order valence-electron chi connectivity index (χ4n) is 4.07. The molecule has 170 valence electrons. The van der Waals surface area contributed by atoms with Crippen molar-refractivity contribution in [3.05, 3.63) is 23.9 Å². The second kappa shape index (κ2) is 13.3. The Morgan fingerprint density at radius 1 is 1.13 bits per heavy atom. The van der Waals surface area contributed by atoms with Crippen LogP contribution >= 0.6 is 24.0 Å². The summed E-state index contributed by atoms with van der Waals surface area (Å²) in [5.41, 5.74) is 1.21. The van der Waals surface area contributed by atoms with E-state index in [0.717, 1.165) is 44.5 Å². The Hall–Kier alpha value is -1.13. The van der Waals surface area contributed by atoms with Crippen molar-refractivity contribution in [1.82, 2.24) is 25.4 Å². The molecule has 8 heteroatoms. The second-order valence-corrected chi connectivity index (χ2v) is 8.27. The molecular weight excluding hydrogens is 489 g/mol. The normalized spacial score (nSPS) is 19.4. The first-order valence-electron chi connectivity index (χ1n) is 11.3. The number of aliphatic imine (C=N–C) groups is 1. The van der Waals surface area contributed by atoms with Gasteiger partial charge in [-0.2, -0.15) is 0 Å². The van der Waals surface area contributed by atoms with Crippen LogP contribution in [0.4, 0.5) is 5.82 Å². The van der Waals surface area contributed by atoms with Gasteiger partial charge in [-0.15, -0.1) is 24.0 Å². The number of nitrogens with zero attached hydrogens (tertiary/aromatic N) is 5. The highest BCUT2D eigenvalue weighted by molar-refractivity contribution is 14.0. The molecule has 0 atom stereocenters. The molecule has 2 aliphatic rings. The van der Waals surface area contributed by atoms with E-state index in [9.17, 15) is 0 Å². The van der Waals surface area contributed by atoms with E-state index in [4.69, 9.17) is 4.99 Å². The third-order valence-corrected chi connectivity index (χ3v) is 5.87. The summed E-state index contributed by atoms with van der Waals surface area (Å²) in [6.45, 7) is 13.8. The number of hydrogen-bond acceptors (Lipinski definition) is 5. The first-order valence-corrected chi connectivity index (χ1v) is 11.3. The number of guanidine groups is 1. The molecule has 0 spiro atoms. The number of piperazine rings is 1. The van der Waals surface area contributed by atoms with E-state index >= 15 is 0 Å². The molecule has 3 heterocycles. The molecule has 2 fully saturated rings. The van der Waals surface area contributed by atoms with Crippen molar-refractivity contribution in [2.24, 2.45) is 4.99 Å². The number of nitrogens with one attached hydrogen (secondary N) is 2. The van der Waals surface area contributed by atoms with Gasteiger partial charge in [0, 0.05) is 58.1 Å². The van der Waals surface area contributed by atoms with Crippen molar-refractivity contribution in [3.8, 4) is 0 Å². The number of rotatable bonds is 7. The molecule has 0 aromatic carbocycles. The summed E-state index contributed by atoms with van der Waals surface area (Å²) in [6, 6.07) is 4.79. The Kier molecular flexibility index (Phi) is 11.2. The van der Waals surface area contributed by atoms with Gasteiger partial charge in [-0.1, -0.05) is 6.92 Å². The Bertz CT molecular complexity index is 638. The van der Waals surface area contributed by atoms with E-state index in [1.807, 2.05) is 6.20 Å². The molecule has 30 heavy (non-hydrogen) atoms. The molecule has 1 aromatic rings. The molecule has 2 aliphatic heterocycles. The molecule has 0 unspecified atom stereocenters. The van der Waals surface area contributed by atoms with Crippen LogP contribution in [0, 0.1) is 0 Å². The zero-order chi connectivity index (χ0) is 20.5. The van der Waals surface area contributed by atoms with Crippen molar-refractivity contribution in [3.63, 3.8) is 0 Å². The molecule has 3 rings (SSSR count). The summed E-state index contributed by atoms with van der Waals surface area (Å²) in [4.78, 5) is 16.8. The summed E-state index contributed by atoms with van der Waals surface area (Å²) < 4.78 is 0. The zero-order valence-electron chi connectivity index (χ0n) is 18.9.